The number of amides is 1. The molecule has 0 saturated carbocycles. The highest BCUT2D eigenvalue weighted by molar-refractivity contribution is 7.93. The second-order valence-electron chi connectivity index (χ2n) is 5.64. The highest BCUT2D eigenvalue weighted by atomic mass is 32.2. The fraction of sp³-hybridized carbons (Fsp3) is 0.188. The predicted molar refractivity (Wildman–Crippen MR) is 86.5 cm³/mol. The number of hydrogen-bond donors (Lipinski definition) is 2. The maximum atomic E-state index is 12.9. The molecule has 0 saturated heterocycles. The summed E-state index contributed by atoms with van der Waals surface area (Å²) >= 11 is 0. The van der Waals surface area contributed by atoms with Crippen LogP contribution in [0.3, 0.4) is 0 Å². The summed E-state index contributed by atoms with van der Waals surface area (Å²) in [4.78, 5) is 11.6. The van der Waals surface area contributed by atoms with Crippen molar-refractivity contribution in [3.8, 4) is 5.75 Å². The molecule has 1 amide bonds. The minimum absolute atomic E-state index is 0.0668. The first-order valence-electron chi connectivity index (χ1n) is 7.55. The summed E-state index contributed by atoms with van der Waals surface area (Å²) in [6.07, 6.45) is -5.38. The number of sulfonamides is 1. The molecule has 1 unspecified atom stereocenters. The molecular weight excluding hydrogens is 389 g/mol. The van der Waals surface area contributed by atoms with Gasteiger partial charge in [0.1, 0.15) is 5.75 Å². The number of nitrogens with zero attached hydrogens (tertiary/aromatic N) is 1. The Morgan fingerprint density at radius 3 is 2.56 bits per heavy atom. The van der Waals surface area contributed by atoms with Crippen LogP contribution >= 0.6 is 0 Å². The third kappa shape index (κ3) is 3.69. The van der Waals surface area contributed by atoms with Crippen molar-refractivity contribution >= 4 is 21.6 Å². The molecule has 0 aromatic heterocycles. The highest BCUT2D eigenvalue weighted by Gasteiger charge is 2.43. The van der Waals surface area contributed by atoms with Crippen LogP contribution in [0.15, 0.2) is 53.4 Å². The fourth-order valence-corrected chi connectivity index (χ4v) is 4.82. The van der Waals surface area contributed by atoms with Crippen LogP contribution < -0.4 is 14.5 Å². The highest BCUT2D eigenvalue weighted by Crippen LogP contribution is 2.45. The van der Waals surface area contributed by atoms with Crippen molar-refractivity contribution in [2.75, 3.05) is 4.31 Å². The van der Waals surface area contributed by atoms with Gasteiger partial charge in [0.15, 0.2) is 0 Å². The Kier molecular flexibility index (Phi) is 4.74. The zero-order valence-corrected chi connectivity index (χ0v) is 14.3. The summed E-state index contributed by atoms with van der Waals surface area (Å²) < 4.78 is 68.0. The fourth-order valence-electron chi connectivity index (χ4n) is 2.94. The average molecular weight is 402 g/mol. The predicted octanol–water partition coefficient (Wildman–Crippen LogP) is 2.73. The van der Waals surface area contributed by atoms with Crippen LogP contribution in [0.1, 0.15) is 18.0 Å². The number of ether oxygens (including phenoxy) is 1. The first-order chi connectivity index (χ1) is 12.6. The van der Waals surface area contributed by atoms with Gasteiger partial charge in [0.05, 0.1) is 23.0 Å². The minimum atomic E-state index is -4.94. The molecule has 1 heterocycles. The number of hydroxylamine groups is 1. The molecule has 0 bridgehead atoms. The quantitative estimate of drug-likeness (QED) is 0.606. The third-order valence-electron chi connectivity index (χ3n) is 3.91. The van der Waals surface area contributed by atoms with Gasteiger partial charge in [0, 0.05) is 6.07 Å². The lowest BCUT2D eigenvalue weighted by atomic mass is 10.0. The number of carbonyl (C=O) groups excluding carboxylic acids is 1. The van der Waals surface area contributed by atoms with Crippen molar-refractivity contribution in [3.63, 3.8) is 0 Å². The van der Waals surface area contributed by atoms with E-state index in [2.05, 4.69) is 4.74 Å². The average Bonchev–Trinajstić information content (AvgIpc) is 2.81. The molecule has 3 rings (SSSR count). The second-order valence-corrected chi connectivity index (χ2v) is 7.42. The lowest BCUT2D eigenvalue weighted by Gasteiger charge is -2.25. The number of fused-ring (bicyclic) bond motifs is 1. The van der Waals surface area contributed by atoms with Crippen molar-refractivity contribution in [1.29, 1.82) is 0 Å². The van der Waals surface area contributed by atoms with E-state index < -0.39 is 40.5 Å². The van der Waals surface area contributed by atoms with E-state index in [-0.39, 0.29) is 10.6 Å². The molecular formula is C16H13F3N2O5S. The van der Waals surface area contributed by atoms with E-state index in [0.29, 0.717) is 5.56 Å². The van der Waals surface area contributed by atoms with E-state index in [4.69, 9.17) is 5.21 Å². The number of hydrogen-bond acceptors (Lipinski definition) is 5. The Balaban J connectivity index is 2.10. The summed E-state index contributed by atoms with van der Waals surface area (Å²) in [5, 5.41) is 8.79. The molecule has 1 aliphatic heterocycles. The van der Waals surface area contributed by atoms with Gasteiger partial charge in [-0.1, -0.05) is 24.3 Å². The molecule has 144 valence electrons. The zero-order chi connectivity index (χ0) is 19.8. The molecule has 0 radical (unpaired) electrons. The van der Waals surface area contributed by atoms with Gasteiger partial charge >= 0.3 is 6.36 Å². The third-order valence-corrected chi connectivity index (χ3v) is 5.82. The number of anilines is 1. The van der Waals surface area contributed by atoms with E-state index in [1.165, 1.54) is 35.8 Å². The summed E-state index contributed by atoms with van der Waals surface area (Å²) in [6.45, 7) is 0. The van der Waals surface area contributed by atoms with Crippen LogP contribution in [0.4, 0.5) is 18.9 Å². The molecule has 0 aliphatic carbocycles. The van der Waals surface area contributed by atoms with Gasteiger partial charge in [-0.15, -0.1) is 13.2 Å². The second kappa shape index (κ2) is 6.74. The van der Waals surface area contributed by atoms with Gasteiger partial charge in [0.2, 0.25) is 5.91 Å². The van der Waals surface area contributed by atoms with E-state index in [9.17, 15) is 26.4 Å². The summed E-state index contributed by atoms with van der Waals surface area (Å²) in [5.41, 5.74) is 1.62. The van der Waals surface area contributed by atoms with Gasteiger partial charge in [-0.25, -0.2) is 13.9 Å². The van der Waals surface area contributed by atoms with Crippen LogP contribution in [0.25, 0.3) is 0 Å². The van der Waals surface area contributed by atoms with E-state index in [0.717, 1.165) is 16.4 Å². The number of nitrogens with one attached hydrogen (secondary N) is 1. The Hall–Kier alpha value is -2.79. The first-order valence-corrected chi connectivity index (χ1v) is 8.99. The molecule has 1 atom stereocenters. The summed E-state index contributed by atoms with van der Waals surface area (Å²) in [5.74, 6) is -1.45. The number of rotatable bonds is 4. The van der Waals surface area contributed by atoms with Crippen molar-refractivity contribution in [2.24, 2.45) is 0 Å². The van der Waals surface area contributed by atoms with Crippen LogP contribution in [0.2, 0.25) is 0 Å². The molecule has 2 N–H and O–H groups in total. The van der Waals surface area contributed by atoms with Gasteiger partial charge in [-0.05, 0) is 23.8 Å². The van der Waals surface area contributed by atoms with Crippen molar-refractivity contribution < 1.29 is 36.3 Å². The zero-order valence-electron chi connectivity index (χ0n) is 13.5. The Labute approximate surface area is 152 Å². The van der Waals surface area contributed by atoms with Gasteiger partial charge in [-0.2, -0.15) is 0 Å². The van der Waals surface area contributed by atoms with E-state index >= 15 is 0 Å². The van der Waals surface area contributed by atoms with Crippen molar-refractivity contribution in [2.45, 2.75) is 23.7 Å². The minimum Gasteiger partial charge on any atom is -0.406 e. The normalized spacial score (nSPS) is 18.1. The largest absolute Gasteiger partial charge is 0.573 e. The topological polar surface area (TPSA) is 95.9 Å². The van der Waals surface area contributed by atoms with Crippen molar-refractivity contribution in [3.05, 3.63) is 54.1 Å². The number of carbonyl (C=O) groups is 1. The van der Waals surface area contributed by atoms with Crippen molar-refractivity contribution in [1.82, 2.24) is 5.48 Å². The molecule has 2 aromatic rings. The first kappa shape index (κ1) is 19.0. The number of benzene rings is 2. The monoisotopic (exact) mass is 402 g/mol. The van der Waals surface area contributed by atoms with Gasteiger partial charge in [-0.3, -0.25) is 14.3 Å². The Morgan fingerprint density at radius 2 is 1.89 bits per heavy atom. The molecule has 2 aromatic carbocycles. The standard InChI is InChI=1S/C16H13F3N2O5S/c17-16(18,19)26-11-5-3-4-10(8-11)21-13(9-15(22)20-23)12-6-1-2-7-14(12)27(21,24)25/h1-8,13,23H,9H2,(H,20,22). The van der Waals surface area contributed by atoms with Gasteiger partial charge in [0.25, 0.3) is 10.0 Å². The van der Waals surface area contributed by atoms with E-state index in [1.807, 2.05) is 0 Å². The molecule has 0 fully saturated rings. The smallest absolute Gasteiger partial charge is 0.406 e. The summed E-state index contributed by atoms with van der Waals surface area (Å²) in [7, 11) is -4.13. The molecule has 1 aliphatic rings. The lowest BCUT2D eigenvalue weighted by Crippen LogP contribution is -2.32. The van der Waals surface area contributed by atoms with Crippen LogP contribution in [0.5, 0.6) is 5.75 Å². The lowest BCUT2D eigenvalue weighted by molar-refractivity contribution is -0.274. The molecule has 27 heavy (non-hydrogen) atoms. The van der Waals surface area contributed by atoms with E-state index in [1.54, 1.807) is 6.07 Å². The van der Waals surface area contributed by atoms with Crippen LogP contribution in [-0.2, 0) is 14.8 Å². The molecule has 0 spiro atoms. The molecule has 7 nitrogen and oxygen atoms in total. The van der Waals surface area contributed by atoms with Gasteiger partial charge < -0.3 is 4.74 Å². The SMILES string of the molecule is O=C(CC1c2ccccc2S(=O)(=O)N1c1cccc(OC(F)(F)F)c1)NO. The summed E-state index contributed by atoms with van der Waals surface area (Å²) in [6, 6.07) is 9.30. The maximum Gasteiger partial charge on any atom is 0.573 e. The molecule has 11 heteroatoms. The van der Waals surface area contributed by atoms with Crippen LogP contribution in [-0.4, -0.2) is 25.9 Å². The van der Waals surface area contributed by atoms with Crippen LogP contribution in [0, 0.1) is 0 Å². The number of halogens is 3. The Morgan fingerprint density at radius 1 is 1.19 bits per heavy atom. The number of alkyl halides is 3. The Bertz CT molecular complexity index is 978. The maximum absolute atomic E-state index is 12.9.